The average molecular weight is 254 g/mol. The fourth-order valence-electron chi connectivity index (χ4n) is 2.00. The van der Waals surface area contributed by atoms with Gasteiger partial charge in [-0.05, 0) is 34.0 Å². The van der Waals surface area contributed by atoms with E-state index in [9.17, 15) is 0 Å². The summed E-state index contributed by atoms with van der Waals surface area (Å²) in [5.41, 5.74) is 0. The molecule has 1 aromatic heterocycles. The molecule has 1 fully saturated rings. The second kappa shape index (κ2) is 5.80. The van der Waals surface area contributed by atoms with Gasteiger partial charge in [0.1, 0.15) is 0 Å². The van der Waals surface area contributed by atoms with E-state index in [1.807, 2.05) is 24.6 Å². The normalized spacial score (nSPS) is 20.3. The summed E-state index contributed by atoms with van der Waals surface area (Å²) >= 11 is 1.82. The van der Waals surface area contributed by atoms with Crippen molar-refractivity contribution in [1.29, 1.82) is 0 Å². The number of hydrogen-bond donors (Lipinski definition) is 1. The third-order valence-corrected chi connectivity index (χ3v) is 4.60. The Balaban J connectivity index is 2.03. The number of likely N-dealkylation sites (N-methyl/N-ethyl adjacent to an activating group) is 1. The van der Waals surface area contributed by atoms with Gasteiger partial charge in [-0.15, -0.1) is 11.3 Å². The van der Waals surface area contributed by atoms with Crippen LogP contribution in [0.5, 0.6) is 0 Å². The Kier molecular flexibility index (Phi) is 4.36. The van der Waals surface area contributed by atoms with E-state index >= 15 is 0 Å². The van der Waals surface area contributed by atoms with Crippen LogP contribution in [0, 0.1) is 0 Å². The molecule has 0 spiro atoms. The zero-order chi connectivity index (χ0) is 12.3. The van der Waals surface area contributed by atoms with Gasteiger partial charge in [-0.25, -0.2) is 4.98 Å². The zero-order valence-corrected chi connectivity index (χ0v) is 11.8. The zero-order valence-electron chi connectivity index (χ0n) is 10.9. The second-order valence-corrected chi connectivity index (χ2v) is 5.74. The highest BCUT2D eigenvalue weighted by atomic mass is 32.1. The maximum atomic E-state index is 4.56. The van der Waals surface area contributed by atoms with Crippen molar-refractivity contribution < 1.29 is 0 Å². The first-order valence-corrected chi connectivity index (χ1v) is 7.09. The third kappa shape index (κ3) is 3.18. The molecule has 0 bridgehead atoms. The topological polar surface area (TPSA) is 31.4 Å². The Labute approximate surface area is 108 Å². The first kappa shape index (κ1) is 12.8. The van der Waals surface area contributed by atoms with E-state index < -0.39 is 0 Å². The molecule has 1 saturated heterocycles. The molecular formula is C12H22N4S. The fraction of sp³-hybridized carbons (Fsp3) is 0.750. The van der Waals surface area contributed by atoms with Gasteiger partial charge in [-0.2, -0.15) is 0 Å². The Morgan fingerprint density at radius 3 is 2.94 bits per heavy atom. The van der Waals surface area contributed by atoms with Gasteiger partial charge in [0, 0.05) is 36.8 Å². The van der Waals surface area contributed by atoms with Gasteiger partial charge in [-0.1, -0.05) is 0 Å². The Morgan fingerprint density at radius 1 is 1.35 bits per heavy atom. The molecule has 5 heteroatoms. The van der Waals surface area contributed by atoms with Crippen molar-refractivity contribution >= 4 is 16.5 Å². The summed E-state index contributed by atoms with van der Waals surface area (Å²) in [5, 5.41) is 4.44. The molecule has 17 heavy (non-hydrogen) atoms. The molecule has 1 aromatic rings. The van der Waals surface area contributed by atoms with E-state index in [1.54, 1.807) is 0 Å². The molecule has 1 aliphatic heterocycles. The average Bonchev–Trinajstić information content (AvgIpc) is 2.72. The molecular weight excluding hydrogens is 232 g/mol. The van der Waals surface area contributed by atoms with Crippen LogP contribution in [0.25, 0.3) is 0 Å². The van der Waals surface area contributed by atoms with Crippen LogP contribution in [0.3, 0.4) is 0 Å². The number of nitrogens with one attached hydrogen (secondary N) is 1. The molecule has 0 aliphatic carbocycles. The van der Waals surface area contributed by atoms with Crippen LogP contribution in [0.1, 0.15) is 24.3 Å². The molecule has 96 valence electrons. The van der Waals surface area contributed by atoms with Crippen LogP contribution in [-0.4, -0.2) is 50.2 Å². The second-order valence-electron chi connectivity index (χ2n) is 4.70. The lowest BCUT2D eigenvalue weighted by Gasteiger charge is -2.19. The fourth-order valence-corrected chi connectivity index (χ4v) is 3.03. The number of anilines is 1. The summed E-state index contributed by atoms with van der Waals surface area (Å²) in [6.45, 7) is 6.73. The van der Waals surface area contributed by atoms with Gasteiger partial charge < -0.3 is 15.1 Å². The first-order chi connectivity index (χ1) is 8.20. The summed E-state index contributed by atoms with van der Waals surface area (Å²) in [7, 11) is 4.19. The minimum absolute atomic E-state index is 0.399. The number of thiazole rings is 1. The van der Waals surface area contributed by atoms with E-state index in [2.05, 4.69) is 34.1 Å². The van der Waals surface area contributed by atoms with Crippen LogP contribution in [0.4, 0.5) is 5.13 Å². The molecule has 0 saturated carbocycles. The molecule has 2 heterocycles. The predicted octanol–water partition coefficient (Wildman–Crippen LogP) is 1.57. The highest BCUT2D eigenvalue weighted by Gasteiger charge is 2.16. The van der Waals surface area contributed by atoms with Crippen molar-refractivity contribution in [2.75, 3.05) is 45.2 Å². The van der Waals surface area contributed by atoms with E-state index in [4.69, 9.17) is 0 Å². The SMILES string of the molecule is CNC(C)c1cnc(N2CCCN(C)CC2)s1. The van der Waals surface area contributed by atoms with Gasteiger partial charge in [0.05, 0.1) is 0 Å². The van der Waals surface area contributed by atoms with Gasteiger partial charge in [-0.3, -0.25) is 0 Å². The predicted molar refractivity (Wildman–Crippen MR) is 73.9 cm³/mol. The van der Waals surface area contributed by atoms with E-state index in [0.717, 1.165) is 19.6 Å². The maximum Gasteiger partial charge on any atom is 0.185 e. The van der Waals surface area contributed by atoms with Crippen molar-refractivity contribution in [3.8, 4) is 0 Å². The van der Waals surface area contributed by atoms with Crippen LogP contribution in [-0.2, 0) is 0 Å². The van der Waals surface area contributed by atoms with Crippen LogP contribution < -0.4 is 10.2 Å². The Bertz CT molecular complexity index is 352. The summed E-state index contributed by atoms with van der Waals surface area (Å²) in [6.07, 6.45) is 3.24. The standard InChI is InChI=1S/C12H22N4S/c1-10(13-2)11-9-14-12(17-11)16-6-4-5-15(3)7-8-16/h9-10,13H,4-8H2,1-3H3. The summed E-state index contributed by atoms with van der Waals surface area (Å²) in [5.74, 6) is 0. The molecule has 0 amide bonds. The molecule has 1 N–H and O–H groups in total. The minimum atomic E-state index is 0.399. The van der Waals surface area contributed by atoms with Crippen molar-refractivity contribution in [1.82, 2.24) is 15.2 Å². The summed E-state index contributed by atoms with van der Waals surface area (Å²) in [6, 6.07) is 0.399. The maximum absolute atomic E-state index is 4.56. The monoisotopic (exact) mass is 254 g/mol. The highest BCUT2D eigenvalue weighted by molar-refractivity contribution is 7.15. The molecule has 0 radical (unpaired) electrons. The van der Waals surface area contributed by atoms with Crippen molar-refractivity contribution in [2.24, 2.45) is 0 Å². The third-order valence-electron chi connectivity index (χ3n) is 3.36. The lowest BCUT2D eigenvalue weighted by atomic mass is 10.3. The lowest BCUT2D eigenvalue weighted by Crippen LogP contribution is -2.28. The quantitative estimate of drug-likeness (QED) is 0.887. The van der Waals surface area contributed by atoms with Gasteiger partial charge >= 0.3 is 0 Å². The largest absolute Gasteiger partial charge is 0.347 e. The Hall–Kier alpha value is -0.650. The van der Waals surface area contributed by atoms with Crippen molar-refractivity contribution in [3.05, 3.63) is 11.1 Å². The number of hydrogen-bond acceptors (Lipinski definition) is 5. The number of nitrogens with zero attached hydrogens (tertiary/aromatic N) is 3. The van der Waals surface area contributed by atoms with Gasteiger partial charge in [0.2, 0.25) is 0 Å². The highest BCUT2D eigenvalue weighted by Crippen LogP contribution is 2.27. The van der Waals surface area contributed by atoms with E-state index in [-0.39, 0.29) is 0 Å². The van der Waals surface area contributed by atoms with Gasteiger partial charge in [0.25, 0.3) is 0 Å². The molecule has 1 unspecified atom stereocenters. The van der Waals surface area contributed by atoms with Crippen molar-refractivity contribution in [3.63, 3.8) is 0 Å². The molecule has 1 atom stereocenters. The molecule has 2 rings (SSSR count). The van der Waals surface area contributed by atoms with Crippen molar-refractivity contribution in [2.45, 2.75) is 19.4 Å². The van der Waals surface area contributed by atoms with Gasteiger partial charge in [0.15, 0.2) is 5.13 Å². The van der Waals surface area contributed by atoms with Crippen LogP contribution in [0.2, 0.25) is 0 Å². The smallest absolute Gasteiger partial charge is 0.185 e. The minimum Gasteiger partial charge on any atom is -0.347 e. The lowest BCUT2D eigenvalue weighted by molar-refractivity contribution is 0.360. The first-order valence-electron chi connectivity index (χ1n) is 6.27. The van der Waals surface area contributed by atoms with E-state index in [1.165, 1.54) is 23.0 Å². The summed E-state index contributed by atoms with van der Waals surface area (Å²) in [4.78, 5) is 10.7. The Morgan fingerprint density at radius 2 is 2.18 bits per heavy atom. The summed E-state index contributed by atoms with van der Waals surface area (Å²) < 4.78 is 0. The van der Waals surface area contributed by atoms with Crippen LogP contribution >= 0.6 is 11.3 Å². The van der Waals surface area contributed by atoms with E-state index in [0.29, 0.717) is 6.04 Å². The molecule has 1 aliphatic rings. The molecule has 0 aromatic carbocycles. The number of rotatable bonds is 3. The van der Waals surface area contributed by atoms with Crippen LogP contribution in [0.15, 0.2) is 6.20 Å². The number of aromatic nitrogens is 1. The molecule has 4 nitrogen and oxygen atoms in total.